The molecule has 1 unspecified atom stereocenters. The lowest BCUT2D eigenvalue weighted by Crippen LogP contribution is -2.40. The van der Waals surface area contributed by atoms with Gasteiger partial charge in [-0.25, -0.2) is 4.39 Å². The molecule has 1 aliphatic rings. The molecule has 1 aromatic rings. The van der Waals surface area contributed by atoms with Crippen molar-refractivity contribution in [3.05, 3.63) is 34.1 Å². The van der Waals surface area contributed by atoms with E-state index in [1.54, 1.807) is 12.1 Å². The lowest BCUT2D eigenvalue weighted by atomic mass is 9.89. The molecule has 16 heavy (non-hydrogen) atoms. The second kappa shape index (κ2) is 4.82. The molecular formula is C12H14BrFO2. The highest BCUT2D eigenvalue weighted by Crippen LogP contribution is 2.25. The molecule has 1 heterocycles. The van der Waals surface area contributed by atoms with Crippen LogP contribution in [0.2, 0.25) is 0 Å². The van der Waals surface area contributed by atoms with Gasteiger partial charge in [-0.05, 0) is 46.5 Å². The molecule has 88 valence electrons. The Morgan fingerprint density at radius 3 is 2.94 bits per heavy atom. The fourth-order valence-corrected chi connectivity index (χ4v) is 2.43. The summed E-state index contributed by atoms with van der Waals surface area (Å²) in [5, 5.41) is 10.3. The van der Waals surface area contributed by atoms with E-state index in [2.05, 4.69) is 15.9 Å². The Labute approximate surface area is 103 Å². The lowest BCUT2D eigenvalue weighted by Gasteiger charge is -2.32. The van der Waals surface area contributed by atoms with Crippen molar-refractivity contribution in [1.29, 1.82) is 0 Å². The van der Waals surface area contributed by atoms with Gasteiger partial charge in [-0.2, -0.15) is 0 Å². The Morgan fingerprint density at radius 1 is 1.50 bits per heavy atom. The van der Waals surface area contributed by atoms with Gasteiger partial charge in [0.2, 0.25) is 0 Å². The SMILES string of the molecule is OC1(Cc2ccc(F)c(Br)c2)CCCOC1. The van der Waals surface area contributed by atoms with Crippen LogP contribution in [0.3, 0.4) is 0 Å². The van der Waals surface area contributed by atoms with Gasteiger partial charge in [0.1, 0.15) is 5.82 Å². The Bertz CT molecular complexity index is 375. The number of aliphatic hydroxyl groups is 1. The molecule has 1 aliphatic heterocycles. The number of benzene rings is 1. The molecule has 0 aromatic heterocycles. The molecule has 0 bridgehead atoms. The molecule has 1 aromatic carbocycles. The maximum atomic E-state index is 13.0. The number of hydrogen-bond acceptors (Lipinski definition) is 2. The largest absolute Gasteiger partial charge is 0.387 e. The van der Waals surface area contributed by atoms with Crippen molar-refractivity contribution in [1.82, 2.24) is 0 Å². The zero-order valence-corrected chi connectivity index (χ0v) is 10.5. The van der Waals surface area contributed by atoms with Crippen LogP contribution in [-0.4, -0.2) is 23.9 Å². The molecule has 1 saturated heterocycles. The highest BCUT2D eigenvalue weighted by molar-refractivity contribution is 9.10. The van der Waals surface area contributed by atoms with Crippen molar-refractivity contribution >= 4 is 15.9 Å². The minimum Gasteiger partial charge on any atom is -0.387 e. The molecule has 0 amide bonds. The average Bonchev–Trinajstić information content (AvgIpc) is 2.24. The summed E-state index contributed by atoms with van der Waals surface area (Å²) in [5.41, 5.74) is 0.122. The zero-order chi connectivity index (χ0) is 11.6. The molecule has 4 heteroatoms. The van der Waals surface area contributed by atoms with Gasteiger partial charge >= 0.3 is 0 Å². The van der Waals surface area contributed by atoms with Gasteiger partial charge in [0.15, 0.2) is 0 Å². The van der Waals surface area contributed by atoms with E-state index in [4.69, 9.17) is 4.74 Å². The van der Waals surface area contributed by atoms with Crippen molar-refractivity contribution in [2.24, 2.45) is 0 Å². The molecule has 1 fully saturated rings. The maximum Gasteiger partial charge on any atom is 0.137 e. The fraction of sp³-hybridized carbons (Fsp3) is 0.500. The van der Waals surface area contributed by atoms with Crippen molar-refractivity contribution in [3.8, 4) is 0 Å². The normalized spacial score (nSPS) is 25.7. The molecule has 2 nitrogen and oxygen atoms in total. The first kappa shape index (κ1) is 12.0. The third-order valence-electron chi connectivity index (χ3n) is 2.82. The molecule has 1 N–H and O–H groups in total. The van der Waals surface area contributed by atoms with Crippen molar-refractivity contribution in [3.63, 3.8) is 0 Å². The number of rotatable bonds is 2. The van der Waals surface area contributed by atoms with Crippen LogP contribution in [0.25, 0.3) is 0 Å². The monoisotopic (exact) mass is 288 g/mol. The minimum absolute atomic E-state index is 0.282. The maximum absolute atomic E-state index is 13.0. The van der Waals surface area contributed by atoms with Crippen molar-refractivity contribution in [2.75, 3.05) is 13.2 Å². The summed E-state index contributed by atoms with van der Waals surface area (Å²) in [4.78, 5) is 0. The third kappa shape index (κ3) is 2.81. The Kier molecular flexibility index (Phi) is 3.62. The van der Waals surface area contributed by atoms with Crippen LogP contribution >= 0.6 is 15.9 Å². The highest BCUT2D eigenvalue weighted by atomic mass is 79.9. The third-order valence-corrected chi connectivity index (χ3v) is 3.43. The van der Waals surface area contributed by atoms with Crippen molar-refractivity contribution < 1.29 is 14.2 Å². The molecule has 0 aliphatic carbocycles. The van der Waals surface area contributed by atoms with Crippen LogP contribution in [0.4, 0.5) is 4.39 Å². The second-order valence-electron chi connectivity index (χ2n) is 4.31. The molecule has 0 radical (unpaired) electrons. The van der Waals surface area contributed by atoms with Gasteiger partial charge in [-0.3, -0.25) is 0 Å². The standard InChI is InChI=1S/C12H14BrFO2/c13-10-6-9(2-3-11(10)14)7-12(15)4-1-5-16-8-12/h2-3,6,15H,1,4-5,7-8H2. The summed E-state index contributed by atoms with van der Waals surface area (Å²) in [6.07, 6.45) is 2.12. The summed E-state index contributed by atoms with van der Waals surface area (Å²) in [5.74, 6) is -0.282. The van der Waals surface area contributed by atoms with Gasteiger partial charge in [-0.15, -0.1) is 0 Å². The van der Waals surface area contributed by atoms with E-state index in [0.717, 1.165) is 25.0 Å². The van der Waals surface area contributed by atoms with Gasteiger partial charge in [0.25, 0.3) is 0 Å². The Balaban J connectivity index is 2.10. The molecular weight excluding hydrogens is 275 g/mol. The van der Waals surface area contributed by atoms with E-state index in [9.17, 15) is 9.50 Å². The topological polar surface area (TPSA) is 29.5 Å². The molecule has 0 spiro atoms. The lowest BCUT2D eigenvalue weighted by molar-refractivity contribution is -0.0845. The second-order valence-corrected chi connectivity index (χ2v) is 5.16. The van der Waals surface area contributed by atoms with Crippen LogP contribution in [0, 0.1) is 5.82 Å². The number of ether oxygens (including phenoxy) is 1. The van der Waals surface area contributed by atoms with Crippen LogP contribution in [-0.2, 0) is 11.2 Å². The van der Waals surface area contributed by atoms with E-state index in [1.165, 1.54) is 6.07 Å². The smallest absolute Gasteiger partial charge is 0.137 e. The minimum atomic E-state index is -0.796. The average molecular weight is 289 g/mol. The van der Waals surface area contributed by atoms with E-state index in [0.29, 0.717) is 17.5 Å². The predicted molar refractivity (Wildman–Crippen MR) is 62.8 cm³/mol. The molecule has 2 rings (SSSR count). The summed E-state index contributed by atoms with van der Waals surface area (Å²) < 4.78 is 18.7. The predicted octanol–water partition coefficient (Wildman–Crippen LogP) is 2.67. The number of halogens is 2. The summed E-state index contributed by atoms with van der Waals surface area (Å²) in [6, 6.07) is 4.82. The van der Waals surface area contributed by atoms with Crippen LogP contribution in [0.5, 0.6) is 0 Å². The van der Waals surface area contributed by atoms with E-state index in [1.807, 2.05) is 0 Å². The quantitative estimate of drug-likeness (QED) is 0.907. The van der Waals surface area contributed by atoms with Gasteiger partial charge < -0.3 is 9.84 Å². The van der Waals surface area contributed by atoms with E-state index in [-0.39, 0.29) is 5.82 Å². The van der Waals surface area contributed by atoms with E-state index < -0.39 is 5.60 Å². The van der Waals surface area contributed by atoms with Crippen LogP contribution < -0.4 is 0 Å². The first-order chi connectivity index (χ1) is 7.59. The fourth-order valence-electron chi connectivity index (χ4n) is 2.01. The summed E-state index contributed by atoms with van der Waals surface area (Å²) in [7, 11) is 0. The zero-order valence-electron chi connectivity index (χ0n) is 8.88. The van der Waals surface area contributed by atoms with Crippen molar-refractivity contribution in [2.45, 2.75) is 24.9 Å². The van der Waals surface area contributed by atoms with Crippen LogP contribution in [0.15, 0.2) is 22.7 Å². The number of hydrogen-bond donors (Lipinski definition) is 1. The Morgan fingerprint density at radius 2 is 2.31 bits per heavy atom. The summed E-state index contributed by atoms with van der Waals surface area (Å²) >= 11 is 3.14. The van der Waals surface area contributed by atoms with Gasteiger partial charge in [-0.1, -0.05) is 6.07 Å². The van der Waals surface area contributed by atoms with Gasteiger partial charge in [0.05, 0.1) is 16.7 Å². The summed E-state index contributed by atoms with van der Waals surface area (Å²) in [6.45, 7) is 1.08. The Hall–Kier alpha value is -0.450. The first-order valence-corrected chi connectivity index (χ1v) is 6.12. The van der Waals surface area contributed by atoms with Crippen LogP contribution in [0.1, 0.15) is 18.4 Å². The first-order valence-electron chi connectivity index (χ1n) is 5.33. The van der Waals surface area contributed by atoms with E-state index >= 15 is 0 Å². The molecule has 0 saturated carbocycles. The highest BCUT2D eigenvalue weighted by Gasteiger charge is 2.30. The molecule has 1 atom stereocenters. The van der Waals surface area contributed by atoms with Gasteiger partial charge in [0, 0.05) is 13.0 Å².